The Balaban J connectivity index is 1.38. The fourth-order valence-corrected chi connectivity index (χ4v) is 3.67. The smallest absolute Gasteiger partial charge is 0.159 e. The molecule has 0 amide bonds. The van der Waals surface area contributed by atoms with Crippen molar-refractivity contribution in [2.45, 2.75) is 32.9 Å². The summed E-state index contributed by atoms with van der Waals surface area (Å²) in [4.78, 5) is 11.3. The number of aliphatic hydroxyl groups excluding tert-OH is 1. The Morgan fingerprint density at radius 2 is 1.96 bits per heavy atom. The van der Waals surface area contributed by atoms with Crippen LogP contribution in [0.5, 0.6) is 0 Å². The first-order valence-electron chi connectivity index (χ1n) is 9.27. The standard InChI is InChI=1S/C21H24N4O2/c1-14-4-3-5-17(6-14)21-22-9-16(10-23-21)11-25-12-18(20(26)13-25)8-19-7-15(2)24-27-19/h3-7,9-10,18,20,26H,8,11-13H2,1-2H3/t18-,20-/m1/s1. The van der Waals surface area contributed by atoms with Crippen LogP contribution < -0.4 is 0 Å². The Morgan fingerprint density at radius 1 is 1.15 bits per heavy atom. The summed E-state index contributed by atoms with van der Waals surface area (Å²) in [6.07, 6.45) is 4.11. The summed E-state index contributed by atoms with van der Waals surface area (Å²) in [7, 11) is 0. The first-order chi connectivity index (χ1) is 13.1. The van der Waals surface area contributed by atoms with Gasteiger partial charge in [0.1, 0.15) is 5.76 Å². The van der Waals surface area contributed by atoms with Crippen LogP contribution >= 0.6 is 0 Å². The van der Waals surface area contributed by atoms with E-state index in [0.29, 0.717) is 13.0 Å². The van der Waals surface area contributed by atoms with Gasteiger partial charge in [-0.2, -0.15) is 0 Å². The summed E-state index contributed by atoms with van der Waals surface area (Å²) >= 11 is 0. The van der Waals surface area contributed by atoms with Gasteiger partial charge in [0, 0.05) is 61.6 Å². The minimum absolute atomic E-state index is 0.157. The van der Waals surface area contributed by atoms with E-state index in [1.54, 1.807) is 0 Å². The summed E-state index contributed by atoms with van der Waals surface area (Å²) in [6.45, 7) is 6.17. The largest absolute Gasteiger partial charge is 0.391 e. The average molecular weight is 364 g/mol. The lowest BCUT2D eigenvalue weighted by Gasteiger charge is -2.15. The van der Waals surface area contributed by atoms with Gasteiger partial charge in [0.15, 0.2) is 5.82 Å². The number of β-amino-alcohol motifs (C(OH)–C–C–N with tert-alkyl or cyclic N) is 1. The van der Waals surface area contributed by atoms with Gasteiger partial charge in [-0.05, 0) is 19.9 Å². The van der Waals surface area contributed by atoms with Gasteiger partial charge in [0.05, 0.1) is 11.8 Å². The SMILES string of the molecule is Cc1cccc(-c2ncc(CN3C[C@@H](Cc4cc(C)no4)[C@H](O)C3)cn2)c1. The summed E-state index contributed by atoms with van der Waals surface area (Å²) in [5.74, 6) is 1.73. The van der Waals surface area contributed by atoms with Crippen molar-refractivity contribution in [1.29, 1.82) is 0 Å². The number of aliphatic hydroxyl groups is 1. The predicted molar refractivity (Wildman–Crippen MR) is 102 cm³/mol. The summed E-state index contributed by atoms with van der Waals surface area (Å²) in [6, 6.07) is 10.1. The number of likely N-dealkylation sites (tertiary alicyclic amines) is 1. The van der Waals surface area contributed by atoms with E-state index in [2.05, 4.69) is 39.1 Å². The van der Waals surface area contributed by atoms with Crippen molar-refractivity contribution >= 4 is 0 Å². The quantitative estimate of drug-likeness (QED) is 0.750. The van der Waals surface area contributed by atoms with Crippen molar-refractivity contribution in [1.82, 2.24) is 20.0 Å². The summed E-state index contributed by atoms with van der Waals surface area (Å²) < 4.78 is 5.29. The maximum absolute atomic E-state index is 10.4. The van der Waals surface area contributed by atoms with Gasteiger partial charge in [-0.25, -0.2) is 9.97 Å². The van der Waals surface area contributed by atoms with Crippen molar-refractivity contribution in [3.8, 4) is 11.4 Å². The molecule has 6 nitrogen and oxygen atoms in total. The Morgan fingerprint density at radius 3 is 2.67 bits per heavy atom. The van der Waals surface area contributed by atoms with Crippen LogP contribution in [0.25, 0.3) is 11.4 Å². The van der Waals surface area contributed by atoms with Crippen molar-refractivity contribution in [3.63, 3.8) is 0 Å². The fraction of sp³-hybridized carbons (Fsp3) is 0.381. The molecule has 2 atom stereocenters. The van der Waals surface area contributed by atoms with Crippen LogP contribution in [0.3, 0.4) is 0 Å². The Kier molecular flexibility index (Phi) is 5.01. The molecule has 0 bridgehead atoms. The van der Waals surface area contributed by atoms with E-state index in [1.807, 2.05) is 37.5 Å². The number of nitrogens with zero attached hydrogens (tertiary/aromatic N) is 4. The van der Waals surface area contributed by atoms with Crippen LogP contribution in [0.4, 0.5) is 0 Å². The molecule has 1 aromatic carbocycles. The lowest BCUT2D eigenvalue weighted by molar-refractivity contribution is 0.137. The molecule has 3 aromatic rings. The van der Waals surface area contributed by atoms with Crippen molar-refractivity contribution in [2.75, 3.05) is 13.1 Å². The van der Waals surface area contributed by atoms with Gasteiger partial charge >= 0.3 is 0 Å². The van der Waals surface area contributed by atoms with Gasteiger partial charge in [-0.1, -0.05) is 28.9 Å². The summed E-state index contributed by atoms with van der Waals surface area (Å²) in [5.41, 5.74) is 4.15. The molecule has 2 aromatic heterocycles. The minimum atomic E-state index is -0.358. The molecule has 1 saturated heterocycles. The lowest BCUT2D eigenvalue weighted by Crippen LogP contribution is -2.21. The van der Waals surface area contributed by atoms with E-state index in [0.717, 1.165) is 41.5 Å². The average Bonchev–Trinajstić information content (AvgIpc) is 3.21. The highest BCUT2D eigenvalue weighted by molar-refractivity contribution is 5.55. The Bertz CT molecular complexity index is 907. The molecule has 0 unspecified atom stereocenters. The number of hydrogen-bond donors (Lipinski definition) is 1. The van der Waals surface area contributed by atoms with Gasteiger partial charge in [0.2, 0.25) is 0 Å². The molecule has 1 fully saturated rings. The molecule has 0 aliphatic carbocycles. The van der Waals surface area contributed by atoms with Crippen LogP contribution in [0.1, 0.15) is 22.6 Å². The minimum Gasteiger partial charge on any atom is -0.391 e. The highest BCUT2D eigenvalue weighted by Gasteiger charge is 2.32. The third kappa shape index (κ3) is 4.23. The van der Waals surface area contributed by atoms with E-state index >= 15 is 0 Å². The normalized spacial score (nSPS) is 20.3. The zero-order valence-electron chi connectivity index (χ0n) is 15.7. The van der Waals surface area contributed by atoms with Crippen LogP contribution in [-0.4, -0.2) is 44.3 Å². The molecule has 27 heavy (non-hydrogen) atoms. The first-order valence-corrected chi connectivity index (χ1v) is 9.27. The number of aromatic nitrogens is 3. The topological polar surface area (TPSA) is 75.3 Å². The molecule has 0 spiro atoms. The second-order valence-corrected chi connectivity index (χ2v) is 7.44. The number of benzene rings is 1. The van der Waals surface area contributed by atoms with Gasteiger partial charge in [0.25, 0.3) is 0 Å². The molecule has 0 radical (unpaired) electrons. The van der Waals surface area contributed by atoms with Crippen LogP contribution in [0, 0.1) is 19.8 Å². The predicted octanol–water partition coefficient (Wildman–Crippen LogP) is 2.78. The zero-order chi connectivity index (χ0) is 18.8. The third-order valence-electron chi connectivity index (χ3n) is 5.01. The van der Waals surface area contributed by atoms with E-state index in [-0.39, 0.29) is 12.0 Å². The van der Waals surface area contributed by atoms with Gasteiger partial charge in [-0.15, -0.1) is 0 Å². The van der Waals surface area contributed by atoms with Crippen molar-refractivity contribution in [2.24, 2.45) is 5.92 Å². The molecule has 3 heterocycles. The fourth-order valence-electron chi connectivity index (χ4n) is 3.67. The van der Waals surface area contributed by atoms with E-state index < -0.39 is 0 Å². The van der Waals surface area contributed by atoms with Crippen LogP contribution in [-0.2, 0) is 13.0 Å². The highest BCUT2D eigenvalue weighted by Crippen LogP contribution is 2.23. The second-order valence-electron chi connectivity index (χ2n) is 7.44. The zero-order valence-corrected chi connectivity index (χ0v) is 15.7. The molecular weight excluding hydrogens is 340 g/mol. The van der Waals surface area contributed by atoms with Gasteiger partial charge in [-0.3, -0.25) is 4.90 Å². The highest BCUT2D eigenvalue weighted by atomic mass is 16.5. The molecule has 1 N–H and O–H groups in total. The maximum Gasteiger partial charge on any atom is 0.159 e. The molecule has 6 heteroatoms. The molecule has 1 aliphatic heterocycles. The monoisotopic (exact) mass is 364 g/mol. The number of hydrogen-bond acceptors (Lipinski definition) is 6. The lowest BCUT2D eigenvalue weighted by atomic mass is 10.0. The Labute approximate surface area is 158 Å². The number of rotatable bonds is 5. The van der Waals surface area contributed by atoms with E-state index in [9.17, 15) is 5.11 Å². The van der Waals surface area contributed by atoms with Crippen molar-refractivity contribution in [3.05, 3.63) is 65.3 Å². The van der Waals surface area contributed by atoms with E-state index in [4.69, 9.17) is 4.52 Å². The van der Waals surface area contributed by atoms with E-state index in [1.165, 1.54) is 5.56 Å². The molecule has 1 aliphatic rings. The second kappa shape index (κ2) is 7.58. The number of aryl methyl sites for hydroxylation is 2. The molecule has 0 saturated carbocycles. The van der Waals surface area contributed by atoms with Crippen LogP contribution in [0.2, 0.25) is 0 Å². The molecule has 4 rings (SSSR count). The molecular formula is C21H24N4O2. The summed E-state index contributed by atoms with van der Waals surface area (Å²) in [5, 5.41) is 14.3. The Hall–Kier alpha value is -2.57. The maximum atomic E-state index is 10.4. The van der Waals surface area contributed by atoms with Crippen LogP contribution in [0.15, 0.2) is 47.2 Å². The van der Waals surface area contributed by atoms with Gasteiger partial charge < -0.3 is 9.63 Å². The third-order valence-corrected chi connectivity index (χ3v) is 5.01. The first kappa shape index (κ1) is 17.8. The molecule has 140 valence electrons. The van der Waals surface area contributed by atoms with Crippen molar-refractivity contribution < 1.29 is 9.63 Å².